The van der Waals surface area contributed by atoms with E-state index in [4.69, 9.17) is 11.6 Å². The third-order valence-corrected chi connectivity index (χ3v) is 2.54. The predicted molar refractivity (Wildman–Crippen MR) is 65.0 cm³/mol. The van der Waals surface area contributed by atoms with E-state index in [1.54, 1.807) is 13.0 Å². The van der Waals surface area contributed by atoms with Crippen LogP contribution in [0.1, 0.15) is 16.1 Å². The van der Waals surface area contributed by atoms with Gasteiger partial charge in [-0.3, -0.25) is 14.6 Å². The normalized spacial score (nSPS) is 9.88. The number of carbonyl (C=O) groups excluding carboxylic acids is 2. The van der Waals surface area contributed by atoms with Gasteiger partial charge in [0.05, 0.1) is 17.1 Å². The highest BCUT2D eigenvalue weighted by Crippen LogP contribution is 2.17. The lowest BCUT2D eigenvalue weighted by Crippen LogP contribution is -2.37. The lowest BCUT2D eigenvalue weighted by Gasteiger charge is -2.16. The fraction of sp³-hybridized carbons (Fsp3) is 0.364. The standard InChI is InChI=1S/C11H14ClN3O2/c1-7-4-9(12)8(5-14-7)11(17)15(3)6-10(16)13-2/h4-5H,6H2,1-3H3,(H,13,16). The number of amides is 2. The van der Waals surface area contributed by atoms with Crippen LogP contribution in [-0.4, -0.2) is 42.3 Å². The Morgan fingerprint density at radius 3 is 2.71 bits per heavy atom. The van der Waals surface area contributed by atoms with Crippen LogP contribution in [0.4, 0.5) is 0 Å². The molecule has 0 aliphatic carbocycles. The molecule has 0 aliphatic rings. The number of pyridine rings is 1. The quantitative estimate of drug-likeness (QED) is 0.872. The lowest BCUT2D eigenvalue weighted by molar-refractivity contribution is -0.121. The molecule has 0 spiro atoms. The lowest BCUT2D eigenvalue weighted by atomic mass is 10.2. The average Bonchev–Trinajstić information content (AvgIpc) is 2.28. The molecular formula is C11H14ClN3O2. The second-order valence-electron chi connectivity index (χ2n) is 3.64. The molecule has 5 nitrogen and oxygen atoms in total. The topological polar surface area (TPSA) is 62.3 Å². The molecule has 1 rings (SSSR count). The molecular weight excluding hydrogens is 242 g/mol. The summed E-state index contributed by atoms with van der Waals surface area (Å²) in [6, 6.07) is 1.61. The second-order valence-corrected chi connectivity index (χ2v) is 4.05. The maximum atomic E-state index is 11.9. The first-order valence-electron chi connectivity index (χ1n) is 5.04. The zero-order valence-electron chi connectivity index (χ0n) is 9.95. The van der Waals surface area contributed by atoms with Crippen molar-refractivity contribution in [2.24, 2.45) is 0 Å². The van der Waals surface area contributed by atoms with Crippen LogP contribution in [0.25, 0.3) is 0 Å². The van der Waals surface area contributed by atoms with Gasteiger partial charge in [0.2, 0.25) is 5.91 Å². The average molecular weight is 256 g/mol. The van der Waals surface area contributed by atoms with E-state index in [0.717, 1.165) is 5.69 Å². The van der Waals surface area contributed by atoms with Crippen LogP contribution < -0.4 is 5.32 Å². The molecule has 0 saturated heterocycles. The van der Waals surface area contributed by atoms with Gasteiger partial charge < -0.3 is 10.2 Å². The van der Waals surface area contributed by atoms with E-state index in [0.29, 0.717) is 10.6 Å². The Kier molecular flexibility index (Phi) is 4.45. The summed E-state index contributed by atoms with van der Waals surface area (Å²) in [4.78, 5) is 28.4. The van der Waals surface area contributed by atoms with Crippen LogP contribution in [0.2, 0.25) is 5.02 Å². The van der Waals surface area contributed by atoms with Gasteiger partial charge in [-0.25, -0.2) is 0 Å². The van der Waals surface area contributed by atoms with E-state index in [9.17, 15) is 9.59 Å². The van der Waals surface area contributed by atoms with Crippen LogP contribution in [0.5, 0.6) is 0 Å². The van der Waals surface area contributed by atoms with Gasteiger partial charge in [-0.1, -0.05) is 11.6 Å². The first-order valence-corrected chi connectivity index (χ1v) is 5.41. The summed E-state index contributed by atoms with van der Waals surface area (Å²) in [6.07, 6.45) is 1.42. The van der Waals surface area contributed by atoms with Gasteiger partial charge in [-0.05, 0) is 13.0 Å². The van der Waals surface area contributed by atoms with Crippen LogP contribution in [-0.2, 0) is 4.79 Å². The Labute approximate surface area is 105 Å². The molecule has 2 amide bonds. The fourth-order valence-electron chi connectivity index (χ4n) is 1.26. The van der Waals surface area contributed by atoms with Crippen molar-refractivity contribution in [3.05, 3.63) is 28.5 Å². The highest BCUT2D eigenvalue weighted by atomic mass is 35.5. The number of likely N-dealkylation sites (N-methyl/N-ethyl adjacent to an activating group) is 2. The smallest absolute Gasteiger partial charge is 0.257 e. The van der Waals surface area contributed by atoms with E-state index >= 15 is 0 Å². The number of hydrogen-bond donors (Lipinski definition) is 1. The molecule has 1 aromatic rings. The Bertz CT molecular complexity index is 448. The molecule has 0 radical (unpaired) electrons. The van der Waals surface area contributed by atoms with E-state index in [2.05, 4.69) is 10.3 Å². The Hall–Kier alpha value is -1.62. The van der Waals surface area contributed by atoms with Gasteiger partial charge in [0, 0.05) is 26.0 Å². The van der Waals surface area contributed by atoms with E-state index in [-0.39, 0.29) is 18.4 Å². The van der Waals surface area contributed by atoms with Crippen molar-refractivity contribution in [1.29, 1.82) is 0 Å². The van der Waals surface area contributed by atoms with Gasteiger partial charge in [-0.2, -0.15) is 0 Å². The minimum Gasteiger partial charge on any atom is -0.358 e. The summed E-state index contributed by atoms with van der Waals surface area (Å²) in [5, 5.41) is 2.78. The molecule has 92 valence electrons. The number of hydrogen-bond acceptors (Lipinski definition) is 3. The summed E-state index contributed by atoms with van der Waals surface area (Å²) < 4.78 is 0. The summed E-state index contributed by atoms with van der Waals surface area (Å²) in [6.45, 7) is 1.77. The van der Waals surface area contributed by atoms with E-state index < -0.39 is 0 Å². The highest BCUT2D eigenvalue weighted by Gasteiger charge is 2.17. The third-order valence-electron chi connectivity index (χ3n) is 2.23. The fourth-order valence-corrected chi connectivity index (χ4v) is 1.54. The number of carbonyl (C=O) groups is 2. The number of nitrogens with zero attached hydrogens (tertiary/aromatic N) is 2. The number of rotatable bonds is 3. The second kappa shape index (κ2) is 5.63. The number of aryl methyl sites for hydroxylation is 1. The third kappa shape index (κ3) is 3.42. The molecule has 1 N–H and O–H groups in total. The number of nitrogens with one attached hydrogen (secondary N) is 1. The molecule has 17 heavy (non-hydrogen) atoms. The molecule has 0 saturated carbocycles. The first kappa shape index (κ1) is 13.4. The monoisotopic (exact) mass is 255 g/mol. The van der Waals surface area contributed by atoms with Crippen molar-refractivity contribution >= 4 is 23.4 Å². The van der Waals surface area contributed by atoms with E-state index in [1.807, 2.05) is 0 Å². The first-order chi connectivity index (χ1) is 7.95. The highest BCUT2D eigenvalue weighted by molar-refractivity contribution is 6.33. The molecule has 6 heteroatoms. The Morgan fingerprint density at radius 1 is 1.53 bits per heavy atom. The molecule has 0 bridgehead atoms. The van der Waals surface area contributed by atoms with Gasteiger partial charge >= 0.3 is 0 Å². The Morgan fingerprint density at radius 2 is 2.18 bits per heavy atom. The van der Waals surface area contributed by atoms with Crippen molar-refractivity contribution < 1.29 is 9.59 Å². The largest absolute Gasteiger partial charge is 0.358 e. The summed E-state index contributed by atoms with van der Waals surface area (Å²) >= 11 is 5.95. The number of halogens is 1. The maximum absolute atomic E-state index is 11.9. The van der Waals surface area contributed by atoms with Crippen LogP contribution in [0.3, 0.4) is 0 Å². The van der Waals surface area contributed by atoms with Crippen LogP contribution in [0, 0.1) is 6.92 Å². The van der Waals surface area contributed by atoms with E-state index in [1.165, 1.54) is 25.2 Å². The zero-order chi connectivity index (χ0) is 13.0. The summed E-state index contributed by atoms with van der Waals surface area (Å²) in [7, 11) is 3.05. The molecule has 0 unspecified atom stereocenters. The molecule has 1 aromatic heterocycles. The molecule has 0 aromatic carbocycles. The molecule has 0 aliphatic heterocycles. The van der Waals surface area contributed by atoms with Crippen molar-refractivity contribution in [1.82, 2.24) is 15.2 Å². The van der Waals surface area contributed by atoms with Gasteiger partial charge in [0.25, 0.3) is 5.91 Å². The van der Waals surface area contributed by atoms with Crippen molar-refractivity contribution in [2.45, 2.75) is 6.92 Å². The van der Waals surface area contributed by atoms with Gasteiger partial charge in [-0.15, -0.1) is 0 Å². The van der Waals surface area contributed by atoms with Gasteiger partial charge in [0.15, 0.2) is 0 Å². The SMILES string of the molecule is CNC(=O)CN(C)C(=O)c1cnc(C)cc1Cl. The predicted octanol–water partition coefficient (Wildman–Crippen LogP) is 0.861. The maximum Gasteiger partial charge on any atom is 0.257 e. The minimum atomic E-state index is -0.328. The van der Waals surface area contributed by atoms with Gasteiger partial charge in [0.1, 0.15) is 0 Å². The molecule has 1 heterocycles. The minimum absolute atomic E-state index is 0.0143. The van der Waals surface area contributed by atoms with Crippen LogP contribution in [0.15, 0.2) is 12.3 Å². The van der Waals surface area contributed by atoms with Crippen molar-refractivity contribution in [3.8, 4) is 0 Å². The number of aromatic nitrogens is 1. The Balaban J connectivity index is 2.85. The summed E-state index contributed by atoms with van der Waals surface area (Å²) in [5.74, 6) is -0.567. The summed E-state index contributed by atoms with van der Waals surface area (Å²) in [5.41, 5.74) is 1.03. The zero-order valence-corrected chi connectivity index (χ0v) is 10.7. The van der Waals surface area contributed by atoms with Crippen molar-refractivity contribution in [3.63, 3.8) is 0 Å². The molecule has 0 atom stereocenters. The van der Waals surface area contributed by atoms with Crippen LogP contribution >= 0.6 is 11.6 Å². The van der Waals surface area contributed by atoms with Crippen molar-refractivity contribution in [2.75, 3.05) is 20.6 Å². The molecule has 0 fully saturated rings.